The molecule has 4 N–H and O–H groups in total. The van der Waals surface area contributed by atoms with Crippen LogP contribution in [0.25, 0.3) is 0 Å². The molecule has 110 valence electrons. The van der Waals surface area contributed by atoms with Crippen molar-refractivity contribution >= 4 is 5.91 Å². The molecule has 0 aliphatic carbocycles. The normalized spacial score (nSPS) is 9.72. The number of rotatable bonds is 11. The highest BCUT2D eigenvalue weighted by atomic mass is 16.1. The van der Waals surface area contributed by atoms with Gasteiger partial charge in [-0.15, -0.1) is 0 Å². The van der Waals surface area contributed by atoms with Gasteiger partial charge in [0.25, 0.3) is 0 Å². The Morgan fingerprint density at radius 1 is 0.778 bits per heavy atom. The maximum Gasteiger partial charge on any atom is 0.217 e. The molecule has 0 aromatic heterocycles. The molecule has 0 saturated carbocycles. The number of primary amides is 1. The number of nitrogens with two attached hydrogens (primary N) is 2. The first-order valence-electron chi connectivity index (χ1n) is 7.67. The van der Waals surface area contributed by atoms with Gasteiger partial charge in [-0.3, -0.25) is 4.79 Å². The second-order valence-electron chi connectivity index (χ2n) is 4.83. The molecule has 18 heavy (non-hydrogen) atoms. The molecule has 0 unspecified atom stereocenters. The van der Waals surface area contributed by atoms with E-state index in [1.54, 1.807) is 0 Å². The lowest BCUT2D eigenvalue weighted by atomic mass is 10.1. The Hall–Kier alpha value is -0.570. The molecule has 0 rings (SSSR count). The molecule has 0 aliphatic heterocycles. The molecule has 0 saturated heterocycles. The zero-order valence-corrected chi connectivity index (χ0v) is 12.5. The third-order valence-electron chi connectivity index (χ3n) is 2.82. The monoisotopic (exact) mass is 258 g/mol. The van der Waals surface area contributed by atoms with Gasteiger partial charge >= 0.3 is 0 Å². The van der Waals surface area contributed by atoms with E-state index in [1.807, 2.05) is 0 Å². The molecule has 0 aliphatic rings. The van der Waals surface area contributed by atoms with Gasteiger partial charge in [0.2, 0.25) is 5.91 Å². The quantitative estimate of drug-likeness (QED) is 0.554. The summed E-state index contributed by atoms with van der Waals surface area (Å²) >= 11 is 0. The van der Waals surface area contributed by atoms with Gasteiger partial charge in [0, 0.05) is 6.42 Å². The molecule has 0 fully saturated rings. The van der Waals surface area contributed by atoms with E-state index in [9.17, 15) is 4.79 Å². The summed E-state index contributed by atoms with van der Waals surface area (Å²) in [5.74, 6) is -0.159. The predicted molar refractivity (Wildman–Crippen MR) is 80.4 cm³/mol. The first-order chi connectivity index (χ1) is 8.68. The van der Waals surface area contributed by atoms with E-state index in [0.717, 1.165) is 25.8 Å². The van der Waals surface area contributed by atoms with Crippen molar-refractivity contribution in [3.8, 4) is 0 Å². The van der Waals surface area contributed by atoms with Crippen molar-refractivity contribution in [3.05, 3.63) is 0 Å². The van der Waals surface area contributed by atoms with Crippen molar-refractivity contribution in [3.63, 3.8) is 0 Å². The van der Waals surface area contributed by atoms with Gasteiger partial charge in [-0.05, 0) is 19.4 Å². The van der Waals surface area contributed by atoms with Gasteiger partial charge in [-0.25, -0.2) is 0 Å². The molecule has 0 radical (unpaired) electrons. The maximum absolute atomic E-state index is 10.4. The average Bonchev–Trinajstić information content (AvgIpc) is 2.37. The van der Waals surface area contributed by atoms with E-state index < -0.39 is 0 Å². The number of hydrogen-bond acceptors (Lipinski definition) is 2. The molecule has 0 spiro atoms. The summed E-state index contributed by atoms with van der Waals surface area (Å²) < 4.78 is 0. The van der Waals surface area contributed by atoms with Crippen molar-refractivity contribution in [2.24, 2.45) is 11.5 Å². The molecular formula is C15H34N2O. The van der Waals surface area contributed by atoms with E-state index in [0.29, 0.717) is 6.42 Å². The van der Waals surface area contributed by atoms with Gasteiger partial charge in [0.15, 0.2) is 0 Å². The van der Waals surface area contributed by atoms with Gasteiger partial charge in [-0.2, -0.15) is 0 Å². The van der Waals surface area contributed by atoms with Crippen LogP contribution in [0.2, 0.25) is 0 Å². The van der Waals surface area contributed by atoms with Crippen molar-refractivity contribution in [2.45, 2.75) is 84.5 Å². The Bertz CT molecular complexity index is 159. The van der Waals surface area contributed by atoms with Gasteiger partial charge in [0.1, 0.15) is 0 Å². The zero-order chi connectivity index (χ0) is 14.1. The number of hydrogen-bond donors (Lipinski definition) is 2. The van der Waals surface area contributed by atoms with E-state index in [1.165, 1.54) is 44.9 Å². The SMILES string of the molecule is CCCCCCCCCCCC(N)=O.CCCN. The molecule has 3 heteroatoms. The van der Waals surface area contributed by atoms with Crippen molar-refractivity contribution in [1.29, 1.82) is 0 Å². The fourth-order valence-electron chi connectivity index (χ4n) is 1.61. The van der Waals surface area contributed by atoms with Crippen LogP contribution in [0.15, 0.2) is 0 Å². The summed E-state index contributed by atoms with van der Waals surface area (Å²) in [6, 6.07) is 0. The summed E-state index contributed by atoms with van der Waals surface area (Å²) in [6.45, 7) is 5.11. The highest BCUT2D eigenvalue weighted by molar-refractivity contribution is 5.73. The zero-order valence-electron chi connectivity index (χ0n) is 12.5. The smallest absolute Gasteiger partial charge is 0.217 e. The van der Waals surface area contributed by atoms with E-state index in [2.05, 4.69) is 13.8 Å². The van der Waals surface area contributed by atoms with E-state index >= 15 is 0 Å². The van der Waals surface area contributed by atoms with Crippen LogP contribution in [0.1, 0.15) is 84.5 Å². The first kappa shape index (κ1) is 19.8. The number of carbonyl (C=O) groups excluding carboxylic acids is 1. The summed E-state index contributed by atoms with van der Waals surface area (Å²) in [7, 11) is 0. The third-order valence-corrected chi connectivity index (χ3v) is 2.82. The molecule has 0 bridgehead atoms. The lowest BCUT2D eigenvalue weighted by molar-refractivity contribution is -0.118. The Morgan fingerprint density at radius 3 is 1.50 bits per heavy atom. The summed E-state index contributed by atoms with van der Waals surface area (Å²) in [6.07, 6.45) is 13.2. The van der Waals surface area contributed by atoms with Crippen LogP contribution in [-0.4, -0.2) is 12.5 Å². The van der Waals surface area contributed by atoms with Crippen molar-refractivity contribution < 1.29 is 4.79 Å². The third kappa shape index (κ3) is 24.6. The molecule has 0 heterocycles. The van der Waals surface area contributed by atoms with Crippen LogP contribution in [0.4, 0.5) is 0 Å². The lowest BCUT2D eigenvalue weighted by Crippen LogP contribution is -2.09. The van der Waals surface area contributed by atoms with Crippen molar-refractivity contribution in [1.82, 2.24) is 0 Å². The Labute approximate surface area is 114 Å². The van der Waals surface area contributed by atoms with Crippen molar-refractivity contribution in [2.75, 3.05) is 6.54 Å². The number of amides is 1. The second kappa shape index (κ2) is 18.8. The van der Waals surface area contributed by atoms with Gasteiger partial charge in [0.05, 0.1) is 0 Å². The minimum absolute atomic E-state index is 0.159. The summed E-state index contributed by atoms with van der Waals surface area (Å²) in [5.41, 5.74) is 10.1. The van der Waals surface area contributed by atoms with Gasteiger partial charge in [-0.1, -0.05) is 65.2 Å². The maximum atomic E-state index is 10.4. The molecule has 3 nitrogen and oxygen atoms in total. The van der Waals surface area contributed by atoms with Crippen LogP contribution >= 0.6 is 0 Å². The topological polar surface area (TPSA) is 69.1 Å². The predicted octanol–water partition coefficient (Wildman–Crippen LogP) is 3.75. The van der Waals surface area contributed by atoms with Crippen LogP contribution < -0.4 is 11.5 Å². The average molecular weight is 258 g/mol. The van der Waals surface area contributed by atoms with E-state index in [-0.39, 0.29) is 5.91 Å². The summed E-state index contributed by atoms with van der Waals surface area (Å²) in [4.78, 5) is 10.4. The molecule has 1 amide bonds. The highest BCUT2D eigenvalue weighted by Gasteiger charge is 1.94. The fourth-order valence-corrected chi connectivity index (χ4v) is 1.61. The minimum atomic E-state index is -0.159. The lowest BCUT2D eigenvalue weighted by Gasteiger charge is -2.00. The number of unbranched alkanes of at least 4 members (excludes halogenated alkanes) is 8. The fraction of sp³-hybridized carbons (Fsp3) is 0.933. The van der Waals surface area contributed by atoms with E-state index in [4.69, 9.17) is 11.5 Å². The van der Waals surface area contributed by atoms with Crippen LogP contribution in [0, 0.1) is 0 Å². The molecule has 0 aromatic carbocycles. The largest absolute Gasteiger partial charge is 0.370 e. The Kier molecular flexibility index (Phi) is 20.6. The number of carbonyl (C=O) groups is 1. The standard InChI is InChI=1S/C12H25NO.C3H9N/c1-2-3-4-5-6-7-8-9-10-11-12(13)14;1-2-3-4/h2-11H2,1H3,(H2,13,14);2-4H2,1H3. The molecule has 0 aromatic rings. The minimum Gasteiger partial charge on any atom is -0.370 e. The Balaban J connectivity index is 0. The highest BCUT2D eigenvalue weighted by Crippen LogP contribution is 2.10. The summed E-state index contributed by atoms with van der Waals surface area (Å²) in [5, 5.41) is 0. The van der Waals surface area contributed by atoms with Gasteiger partial charge < -0.3 is 11.5 Å². The van der Waals surface area contributed by atoms with Crippen LogP contribution in [-0.2, 0) is 4.79 Å². The molecule has 0 atom stereocenters. The molecular weight excluding hydrogens is 224 g/mol. The second-order valence-corrected chi connectivity index (χ2v) is 4.83. The Morgan fingerprint density at radius 2 is 1.17 bits per heavy atom. The van der Waals surface area contributed by atoms with Crippen LogP contribution in [0.5, 0.6) is 0 Å². The first-order valence-corrected chi connectivity index (χ1v) is 7.67. The van der Waals surface area contributed by atoms with Crippen LogP contribution in [0.3, 0.4) is 0 Å².